The Labute approximate surface area is 120 Å². The zero-order valence-corrected chi connectivity index (χ0v) is 13.1. The van der Waals surface area contributed by atoms with Crippen molar-refractivity contribution in [3.8, 4) is 0 Å². The second kappa shape index (κ2) is 6.76. The van der Waals surface area contributed by atoms with Crippen molar-refractivity contribution in [1.29, 1.82) is 0 Å². The molecule has 4 heteroatoms. The molecule has 0 saturated heterocycles. The number of hydrogen-bond donors (Lipinski definition) is 1. The Morgan fingerprint density at radius 1 is 1.17 bits per heavy atom. The fourth-order valence-corrected chi connectivity index (χ4v) is 2.17. The van der Waals surface area contributed by atoms with Crippen LogP contribution in [0.25, 0.3) is 0 Å². The van der Waals surface area contributed by atoms with E-state index >= 15 is 0 Å². The van der Waals surface area contributed by atoms with Crippen LogP contribution >= 0.6 is 23.2 Å². The summed E-state index contributed by atoms with van der Waals surface area (Å²) >= 11 is 12.3. The van der Waals surface area contributed by atoms with Gasteiger partial charge in [0.15, 0.2) is 0 Å². The van der Waals surface area contributed by atoms with Crippen molar-refractivity contribution >= 4 is 23.2 Å². The van der Waals surface area contributed by atoms with Crippen LogP contribution in [0.1, 0.15) is 26.3 Å². The van der Waals surface area contributed by atoms with Crippen LogP contribution in [0, 0.1) is 0 Å². The van der Waals surface area contributed by atoms with Crippen molar-refractivity contribution in [2.45, 2.75) is 32.9 Å². The number of likely N-dealkylation sites (N-methyl/N-ethyl adjacent to an activating group) is 1. The maximum absolute atomic E-state index is 6.15. The third kappa shape index (κ3) is 5.57. The standard InChI is InChI=1S/C14H22Cl2N2/c1-14(2,3)17-8-9-18(4)10-11-12(15)6-5-7-13(11)16/h5-7,17H,8-10H2,1-4H3. The van der Waals surface area contributed by atoms with Crippen LogP contribution in [0.4, 0.5) is 0 Å². The molecule has 1 aromatic carbocycles. The number of benzene rings is 1. The minimum Gasteiger partial charge on any atom is -0.311 e. The molecular weight excluding hydrogens is 267 g/mol. The molecule has 0 spiro atoms. The molecule has 0 radical (unpaired) electrons. The Morgan fingerprint density at radius 3 is 2.22 bits per heavy atom. The maximum atomic E-state index is 6.15. The molecular formula is C14H22Cl2N2. The fourth-order valence-electron chi connectivity index (χ4n) is 1.65. The zero-order chi connectivity index (χ0) is 13.8. The van der Waals surface area contributed by atoms with E-state index < -0.39 is 0 Å². The second-order valence-corrected chi connectivity index (χ2v) is 6.43. The molecule has 102 valence electrons. The largest absolute Gasteiger partial charge is 0.311 e. The molecule has 0 amide bonds. The SMILES string of the molecule is CN(CCNC(C)(C)C)Cc1c(Cl)cccc1Cl. The van der Waals surface area contributed by atoms with Crippen LogP contribution in [-0.2, 0) is 6.54 Å². The van der Waals surface area contributed by atoms with Crippen molar-refractivity contribution in [3.05, 3.63) is 33.8 Å². The molecule has 1 aromatic rings. The van der Waals surface area contributed by atoms with E-state index in [1.165, 1.54) is 0 Å². The van der Waals surface area contributed by atoms with Gasteiger partial charge in [0.25, 0.3) is 0 Å². The van der Waals surface area contributed by atoms with Crippen molar-refractivity contribution < 1.29 is 0 Å². The van der Waals surface area contributed by atoms with Crippen LogP contribution in [0.15, 0.2) is 18.2 Å². The first-order chi connectivity index (χ1) is 8.29. The molecule has 1 N–H and O–H groups in total. The Hall–Kier alpha value is -0.280. The molecule has 18 heavy (non-hydrogen) atoms. The summed E-state index contributed by atoms with van der Waals surface area (Å²) in [5.74, 6) is 0. The van der Waals surface area contributed by atoms with Gasteiger partial charge >= 0.3 is 0 Å². The molecule has 0 unspecified atom stereocenters. The predicted molar refractivity (Wildman–Crippen MR) is 80.6 cm³/mol. The minimum atomic E-state index is 0.156. The van der Waals surface area contributed by atoms with Crippen LogP contribution in [0.2, 0.25) is 10.0 Å². The van der Waals surface area contributed by atoms with E-state index in [0.29, 0.717) is 0 Å². The highest BCUT2D eigenvalue weighted by Crippen LogP contribution is 2.25. The fraction of sp³-hybridized carbons (Fsp3) is 0.571. The van der Waals surface area contributed by atoms with E-state index in [1.807, 2.05) is 18.2 Å². The van der Waals surface area contributed by atoms with Crippen molar-refractivity contribution in [1.82, 2.24) is 10.2 Å². The van der Waals surface area contributed by atoms with E-state index in [-0.39, 0.29) is 5.54 Å². The lowest BCUT2D eigenvalue weighted by Crippen LogP contribution is -2.40. The molecule has 0 saturated carbocycles. The Balaban J connectivity index is 2.47. The van der Waals surface area contributed by atoms with E-state index in [1.54, 1.807) is 0 Å². The molecule has 1 rings (SSSR count). The average molecular weight is 289 g/mol. The van der Waals surface area contributed by atoms with Gasteiger partial charge in [-0.3, -0.25) is 0 Å². The second-order valence-electron chi connectivity index (χ2n) is 5.61. The first kappa shape index (κ1) is 15.8. The van der Waals surface area contributed by atoms with Crippen LogP contribution in [-0.4, -0.2) is 30.6 Å². The lowest BCUT2D eigenvalue weighted by Gasteiger charge is -2.24. The van der Waals surface area contributed by atoms with Gasteiger partial charge in [0.2, 0.25) is 0 Å². The highest BCUT2D eigenvalue weighted by atomic mass is 35.5. The molecule has 0 aliphatic heterocycles. The predicted octanol–water partition coefficient (Wildman–Crippen LogP) is 3.81. The molecule has 0 fully saturated rings. The lowest BCUT2D eigenvalue weighted by atomic mass is 10.1. The molecule has 0 heterocycles. The lowest BCUT2D eigenvalue weighted by molar-refractivity contribution is 0.303. The van der Waals surface area contributed by atoms with E-state index in [2.05, 4.69) is 38.0 Å². The highest BCUT2D eigenvalue weighted by Gasteiger charge is 2.11. The van der Waals surface area contributed by atoms with Crippen molar-refractivity contribution in [2.75, 3.05) is 20.1 Å². The summed E-state index contributed by atoms with van der Waals surface area (Å²) in [6, 6.07) is 5.63. The summed E-state index contributed by atoms with van der Waals surface area (Å²) in [4.78, 5) is 2.21. The Bertz CT molecular complexity index is 366. The summed E-state index contributed by atoms with van der Waals surface area (Å²) in [6.45, 7) is 9.17. The summed E-state index contributed by atoms with van der Waals surface area (Å²) in [7, 11) is 2.07. The van der Waals surface area contributed by atoms with Gasteiger partial charge in [0, 0.05) is 40.8 Å². The molecule has 0 aliphatic rings. The summed E-state index contributed by atoms with van der Waals surface area (Å²) in [5, 5.41) is 4.93. The van der Waals surface area contributed by atoms with Gasteiger partial charge in [-0.2, -0.15) is 0 Å². The minimum absolute atomic E-state index is 0.156. The zero-order valence-electron chi connectivity index (χ0n) is 11.6. The van der Waals surface area contributed by atoms with Gasteiger partial charge in [-0.25, -0.2) is 0 Å². The third-order valence-corrected chi connectivity index (χ3v) is 3.35. The van der Waals surface area contributed by atoms with E-state index in [4.69, 9.17) is 23.2 Å². The maximum Gasteiger partial charge on any atom is 0.0465 e. The van der Waals surface area contributed by atoms with E-state index in [9.17, 15) is 0 Å². The van der Waals surface area contributed by atoms with Crippen LogP contribution < -0.4 is 5.32 Å². The van der Waals surface area contributed by atoms with Gasteiger partial charge in [0.1, 0.15) is 0 Å². The molecule has 0 bridgehead atoms. The smallest absolute Gasteiger partial charge is 0.0465 e. The van der Waals surface area contributed by atoms with E-state index in [0.717, 1.165) is 35.2 Å². The Morgan fingerprint density at radius 2 is 1.72 bits per heavy atom. The summed E-state index contributed by atoms with van der Waals surface area (Å²) in [5.41, 5.74) is 1.15. The van der Waals surface area contributed by atoms with Gasteiger partial charge in [-0.05, 0) is 40.0 Å². The van der Waals surface area contributed by atoms with Crippen molar-refractivity contribution in [3.63, 3.8) is 0 Å². The first-order valence-electron chi connectivity index (χ1n) is 6.16. The number of halogens is 2. The number of rotatable bonds is 5. The van der Waals surface area contributed by atoms with Crippen LogP contribution in [0.5, 0.6) is 0 Å². The number of nitrogens with one attached hydrogen (secondary N) is 1. The average Bonchev–Trinajstić information content (AvgIpc) is 2.22. The molecule has 0 aromatic heterocycles. The van der Waals surface area contributed by atoms with Gasteiger partial charge in [-0.1, -0.05) is 29.3 Å². The number of nitrogens with zero attached hydrogens (tertiary/aromatic N) is 1. The van der Waals surface area contributed by atoms with Crippen molar-refractivity contribution in [2.24, 2.45) is 0 Å². The quantitative estimate of drug-likeness (QED) is 0.886. The molecule has 0 aliphatic carbocycles. The van der Waals surface area contributed by atoms with Gasteiger partial charge in [-0.15, -0.1) is 0 Å². The first-order valence-corrected chi connectivity index (χ1v) is 6.91. The van der Waals surface area contributed by atoms with Gasteiger partial charge in [0.05, 0.1) is 0 Å². The normalized spacial score (nSPS) is 12.2. The topological polar surface area (TPSA) is 15.3 Å². The molecule has 2 nitrogen and oxygen atoms in total. The summed E-state index contributed by atoms with van der Waals surface area (Å²) < 4.78 is 0. The van der Waals surface area contributed by atoms with Gasteiger partial charge < -0.3 is 10.2 Å². The molecule has 0 atom stereocenters. The third-order valence-electron chi connectivity index (χ3n) is 2.64. The Kier molecular flexibility index (Phi) is 5.93. The summed E-state index contributed by atoms with van der Waals surface area (Å²) in [6.07, 6.45) is 0. The number of hydrogen-bond acceptors (Lipinski definition) is 2. The van der Waals surface area contributed by atoms with Crippen LogP contribution in [0.3, 0.4) is 0 Å². The highest BCUT2D eigenvalue weighted by molar-refractivity contribution is 6.35. The monoisotopic (exact) mass is 288 g/mol.